The number of cyclic esters (lactones) is 1. The number of piperidine rings is 1. The molecule has 30 heavy (non-hydrogen) atoms. The largest absolute Gasteiger partial charge is 0.448 e. The van der Waals surface area contributed by atoms with Crippen LogP contribution >= 0.6 is 0 Å². The van der Waals surface area contributed by atoms with E-state index in [-0.39, 0.29) is 24.3 Å². The monoisotopic (exact) mass is 410 g/mol. The summed E-state index contributed by atoms with van der Waals surface area (Å²) in [5.41, 5.74) is 2.56. The van der Waals surface area contributed by atoms with E-state index in [2.05, 4.69) is 15.6 Å². The van der Waals surface area contributed by atoms with Crippen LogP contribution in [-0.2, 0) is 27.4 Å². The molecular weight excluding hydrogens is 392 g/mol. The van der Waals surface area contributed by atoms with Gasteiger partial charge in [0.25, 0.3) is 5.91 Å². The number of benzene rings is 1. The Morgan fingerprint density at radius 1 is 1.20 bits per heavy atom. The van der Waals surface area contributed by atoms with Crippen LogP contribution in [0.15, 0.2) is 24.4 Å². The van der Waals surface area contributed by atoms with Crippen molar-refractivity contribution in [1.29, 1.82) is 0 Å². The summed E-state index contributed by atoms with van der Waals surface area (Å²) in [6, 6.07) is 4.71. The third-order valence-electron chi connectivity index (χ3n) is 5.51. The maximum absolute atomic E-state index is 12.9. The quantitative estimate of drug-likeness (QED) is 0.702. The predicted octanol–water partition coefficient (Wildman–Crippen LogP) is -0.0195. The summed E-state index contributed by atoms with van der Waals surface area (Å²) in [7, 11) is 0. The molecule has 2 aromatic rings. The lowest BCUT2D eigenvalue weighted by atomic mass is 10.0. The molecular formula is C19H18N6O5. The van der Waals surface area contributed by atoms with Gasteiger partial charge in [-0.25, -0.2) is 9.48 Å². The Kier molecular flexibility index (Phi) is 4.23. The first-order valence-electron chi connectivity index (χ1n) is 9.60. The molecule has 0 radical (unpaired) electrons. The van der Waals surface area contributed by atoms with Crippen LogP contribution in [0.25, 0.3) is 5.69 Å². The number of ether oxygens (including phenoxy) is 1. The maximum Gasteiger partial charge on any atom is 0.410 e. The second-order valence-corrected chi connectivity index (χ2v) is 7.43. The van der Waals surface area contributed by atoms with Crippen LogP contribution in [0.3, 0.4) is 0 Å². The van der Waals surface area contributed by atoms with Gasteiger partial charge in [-0.1, -0.05) is 11.3 Å². The number of carbonyl (C=O) groups excluding carboxylic acids is 4. The second-order valence-electron chi connectivity index (χ2n) is 7.43. The van der Waals surface area contributed by atoms with Crippen molar-refractivity contribution in [2.45, 2.75) is 32.0 Å². The fourth-order valence-corrected chi connectivity index (χ4v) is 3.95. The van der Waals surface area contributed by atoms with Crippen LogP contribution in [0, 0.1) is 0 Å². The summed E-state index contributed by atoms with van der Waals surface area (Å²) in [6.45, 7) is 1.49. The third-order valence-corrected chi connectivity index (χ3v) is 5.51. The van der Waals surface area contributed by atoms with Crippen LogP contribution in [0.4, 0.5) is 4.79 Å². The van der Waals surface area contributed by atoms with E-state index in [0.717, 1.165) is 5.56 Å². The molecule has 5 rings (SSSR count). The molecule has 1 unspecified atom stereocenters. The van der Waals surface area contributed by atoms with Gasteiger partial charge in [0.15, 0.2) is 0 Å². The number of imide groups is 1. The molecule has 11 nitrogen and oxygen atoms in total. The van der Waals surface area contributed by atoms with E-state index in [0.29, 0.717) is 49.6 Å². The highest BCUT2D eigenvalue weighted by molar-refractivity contribution is 6.05. The van der Waals surface area contributed by atoms with Crippen molar-refractivity contribution in [1.82, 2.24) is 30.1 Å². The molecule has 4 heterocycles. The Balaban J connectivity index is 1.34. The fourth-order valence-electron chi connectivity index (χ4n) is 3.95. The number of aromatic nitrogens is 3. The molecule has 3 aliphatic heterocycles. The molecule has 0 bridgehead atoms. The van der Waals surface area contributed by atoms with Gasteiger partial charge in [-0.2, -0.15) is 0 Å². The summed E-state index contributed by atoms with van der Waals surface area (Å²) in [6.07, 6.45) is 1.86. The zero-order chi connectivity index (χ0) is 20.8. The Morgan fingerprint density at radius 2 is 2.07 bits per heavy atom. The van der Waals surface area contributed by atoms with Crippen LogP contribution < -0.4 is 5.32 Å². The molecule has 4 amide bonds. The molecule has 154 valence electrons. The Morgan fingerprint density at radius 3 is 2.83 bits per heavy atom. The summed E-state index contributed by atoms with van der Waals surface area (Å²) in [4.78, 5) is 51.1. The lowest BCUT2D eigenvalue weighted by molar-refractivity contribution is -0.136. The number of fused-ring (bicyclic) bond motifs is 1. The molecule has 0 saturated carbocycles. The van der Waals surface area contributed by atoms with E-state index in [4.69, 9.17) is 4.74 Å². The SMILES string of the molecule is O=C1CCC(N2Cc3ccc(-n4cc(CN5CCOC5=O)nn4)cc3C2=O)C(=O)N1. The summed E-state index contributed by atoms with van der Waals surface area (Å²) >= 11 is 0. The summed E-state index contributed by atoms with van der Waals surface area (Å²) in [5.74, 6) is -0.998. The number of nitrogens with one attached hydrogen (secondary N) is 1. The molecule has 1 atom stereocenters. The molecule has 1 N–H and O–H groups in total. The lowest BCUT2D eigenvalue weighted by Gasteiger charge is -2.29. The van der Waals surface area contributed by atoms with E-state index in [1.54, 1.807) is 21.8 Å². The van der Waals surface area contributed by atoms with Crippen molar-refractivity contribution in [2.24, 2.45) is 0 Å². The highest BCUT2D eigenvalue weighted by Crippen LogP contribution is 2.29. The normalized spacial score (nSPS) is 21.1. The van der Waals surface area contributed by atoms with Crippen LogP contribution in [0.2, 0.25) is 0 Å². The van der Waals surface area contributed by atoms with E-state index in [9.17, 15) is 19.2 Å². The first-order chi connectivity index (χ1) is 14.5. The molecule has 2 fully saturated rings. The van der Waals surface area contributed by atoms with E-state index < -0.39 is 11.9 Å². The standard InChI is InChI=1S/C19H18N6O5/c26-16-4-3-15(17(27)20-16)24-8-11-1-2-13(7-14(11)18(24)28)25-10-12(21-22-25)9-23-5-6-30-19(23)29/h1-2,7,10,15H,3-6,8-9H2,(H,20,26,27). The fraction of sp³-hybridized carbons (Fsp3) is 0.368. The van der Waals surface area contributed by atoms with Crippen molar-refractivity contribution in [3.8, 4) is 5.69 Å². The number of carbonyl (C=O) groups is 4. The van der Waals surface area contributed by atoms with Gasteiger partial charge in [0.05, 0.1) is 25.0 Å². The minimum absolute atomic E-state index is 0.216. The van der Waals surface area contributed by atoms with Gasteiger partial charge in [-0.05, 0) is 24.1 Å². The predicted molar refractivity (Wildman–Crippen MR) is 99.2 cm³/mol. The van der Waals surface area contributed by atoms with Crippen LogP contribution in [-0.4, -0.2) is 67.8 Å². The van der Waals surface area contributed by atoms with Crippen LogP contribution in [0.5, 0.6) is 0 Å². The zero-order valence-corrected chi connectivity index (χ0v) is 15.9. The topological polar surface area (TPSA) is 127 Å². The molecule has 0 spiro atoms. The van der Waals surface area contributed by atoms with E-state index in [1.807, 2.05) is 12.1 Å². The zero-order valence-electron chi connectivity index (χ0n) is 15.9. The minimum Gasteiger partial charge on any atom is -0.448 e. The van der Waals surface area contributed by atoms with Crippen molar-refractivity contribution >= 4 is 23.8 Å². The number of rotatable bonds is 4. The highest BCUT2D eigenvalue weighted by atomic mass is 16.6. The first-order valence-corrected chi connectivity index (χ1v) is 9.60. The maximum atomic E-state index is 12.9. The molecule has 3 aliphatic rings. The van der Waals surface area contributed by atoms with Gasteiger partial charge >= 0.3 is 6.09 Å². The van der Waals surface area contributed by atoms with Crippen molar-refractivity contribution < 1.29 is 23.9 Å². The van der Waals surface area contributed by atoms with Crippen molar-refractivity contribution in [2.75, 3.05) is 13.2 Å². The number of nitrogens with zero attached hydrogens (tertiary/aromatic N) is 5. The molecule has 1 aromatic heterocycles. The average molecular weight is 410 g/mol. The third kappa shape index (κ3) is 3.08. The molecule has 11 heteroatoms. The highest BCUT2D eigenvalue weighted by Gasteiger charge is 2.39. The molecule has 1 aromatic carbocycles. The summed E-state index contributed by atoms with van der Waals surface area (Å²) < 4.78 is 6.45. The Hall–Kier alpha value is -3.76. The number of hydrogen-bond acceptors (Lipinski definition) is 7. The first kappa shape index (κ1) is 18.3. The van der Waals surface area contributed by atoms with Crippen molar-refractivity contribution in [3.63, 3.8) is 0 Å². The lowest BCUT2D eigenvalue weighted by Crippen LogP contribution is -2.52. The Labute approximate surface area is 170 Å². The number of hydrogen-bond donors (Lipinski definition) is 1. The van der Waals surface area contributed by atoms with Gasteiger partial charge < -0.3 is 9.64 Å². The van der Waals surface area contributed by atoms with Crippen molar-refractivity contribution in [3.05, 3.63) is 41.2 Å². The number of amides is 4. The minimum atomic E-state index is -0.649. The van der Waals surface area contributed by atoms with E-state index in [1.165, 1.54) is 4.90 Å². The van der Waals surface area contributed by atoms with Gasteiger partial charge in [0.1, 0.15) is 18.3 Å². The second kappa shape index (κ2) is 6.94. The molecule has 0 aliphatic carbocycles. The summed E-state index contributed by atoms with van der Waals surface area (Å²) in [5, 5.41) is 10.5. The van der Waals surface area contributed by atoms with Gasteiger partial charge in [-0.3, -0.25) is 24.6 Å². The molecule has 2 saturated heterocycles. The van der Waals surface area contributed by atoms with Gasteiger partial charge in [0.2, 0.25) is 11.8 Å². The Bertz CT molecular complexity index is 1080. The van der Waals surface area contributed by atoms with Crippen LogP contribution in [0.1, 0.15) is 34.5 Å². The smallest absolute Gasteiger partial charge is 0.410 e. The van der Waals surface area contributed by atoms with Gasteiger partial charge in [0, 0.05) is 18.5 Å². The van der Waals surface area contributed by atoms with Gasteiger partial charge in [-0.15, -0.1) is 5.10 Å². The van der Waals surface area contributed by atoms with E-state index >= 15 is 0 Å². The average Bonchev–Trinajstić information content (AvgIpc) is 3.43.